The van der Waals surface area contributed by atoms with Gasteiger partial charge in [-0.2, -0.15) is 11.8 Å². The molecule has 0 amide bonds. The van der Waals surface area contributed by atoms with E-state index >= 15 is 0 Å². The van der Waals surface area contributed by atoms with E-state index < -0.39 is 0 Å². The molecule has 40 valence electrons. The topological polar surface area (TPSA) is 17.1 Å². The molecule has 0 aromatic heterocycles. The van der Waals surface area contributed by atoms with Gasteiger partial charge in [0, 0.05) is 16.8 Å². The Labute approximate surface area is 52.6 Å². The molecule has 0 radical (unpaired) electrons. The monoisotopic (exact) mass is 152 g/mol. The van der Waals surface area contributed by atoms with Gasteiger partial charge >= 0.3 is 0 Å². The maximum atomic E-state index is 9.86. The predicted molar refractivity (Wildman–Crippen MR) is 36.3 cm³/mol. The highest BCUT2D eigenvalue weighted by Gasteiger charge is 2.17. The predicted octanol–water partition coefficient (Wildman–Crippen LogP) is 2.04. The molecule has 0 saturated carbocycles. The number of hydrogen-bond acceptors (Lipinski definition) is 3. The minimum atomic E-state index is 0.244. The Bertz CT molecular complexity index is 73.3. The standard InChI is InChI=1S/C3H5OPS2/c4-5-7-3-1-6-2-3/h3H,1-2H2. The molecule has 0 aromatic rings. The molecule has 4 heteroatoms. The third kappa shape index (κ3) is 1.63. The summed E-state index contributed by atoms with van der Waals surface area (Å²) in [5.74, 6) is 2.39. The third-order valence-corrected chi connectivity index (χ3v) is 4.37. The Morgan fingerprint density at radius 3 is 2.57 bits per heavy atom. The average Bonchev–Trinajstić information content (AvgIpc) is 1.55. The van der Waals surface area contributed by atoms with Gasteiger partial charge < -0.3 is 0 Å². The Kier molecular flexibility index (Phi) is 2.50. The number of thioether (sulfide) groups is 1. The molecule has 1 rings (SSSR count). The minimum Gasteiger partial charge on any atom is -0.262 e. The normalized spacial score (nSPS) is 22.3. The second-order valence-electron chi connectivity index (χ2n) is 1.34. The van der Waals surface area contributed by atoms with Gasteiger partial charge in [-0.3, -0.25) is 4.57 Å². The lowest BCUT2D eigenvalue weighted by atomic mass is 10.5. The van der Waals surface area contributed by atoms with E-state index in [1.807, 2.05) is 11.8 Å². The zero-order chi connectivity index (χ0) is 5.11. The van der Waals surface area contributed by atoms with E-state index in [9.17, 15) is 4.57 Å². The molecule has 1 fully saturated rings. The van der Waals surface area contributed by atoms with Gasteiger partial charge in [-0.1, -0.05) is 11.4 Å². The van der Waals surface area contributed by atoms with E-state index in [0.29, 0.717) is 5.25 Å². The fraction of sp³-hybridized carbons (Fsp3) is 1.00. The van der Waals surface area contributed by atoms with E-state index in [1.165, 1.54) is 22.9 Å². The number of rotatable bonds is 2. The molecule has 0 unspecified atom stereocenters. The summed E-state index contributed by atoms with van der Waals surface area (Å²) in [7, 11) is 0.244. The maximum absolute atomic E-state index is 9.86. The lowest BCUT2D eigenvalue weighted by molar-refractivity contribution is 0.605. The van der Waals surface area contributed by atoms with Crippen molar-refractivity contribution in [3.63, 3.8) is 0 Å². The van der Waals surface area contributed by atoms with Crippen molar-refractivity contribution >= 4 is 30.8 Å². The zero-order valence-electron chi connectivity index (χ0n) is 3.66. The van der Waals surface area contributed by atoms with Crippen LogP contribution >= 0.6 is 30.8 Å². The van der Waals surface area contributed by atoms with Gasteiger partial charge in [0.25, 0.3) is 0 Å². The van der Waals surface area contributed by atoms with E-state index in [0.717, 1.165) is 0 Å². The van der Waals surface area contributed by atoms with Gasteiger partial charge in [-0.05, 0) is 0 Å². The largest absolute Gasteiger partial charge is 0.262 e. The highest BCUT2D eigenvalue weighted by atomic mass is 32.7. The first-order valence-electron chi connectivity index (χ1n) is 1.99. The lowest BCUT2D eigenvalue weighted by Gasteiger charge is -2.20. The first kappa shape index (κ1) is 5.93. The van der Waals surface area contributed by atoms with Crippen molar-refractivity contribution in [2.75, 3.05) is 11.5 Å². The van der Waals surface area contributed by atoms with E-state index in [1.54, 1.807) is 0 Å². The molecular formula is C3H5OPS2. The van der Waals surface area contributed by atoms with Crippen molar-refractivity contribution in [3.05, 3.63) is 0 Å². The summed E-state index contributed by atoms with van der Waals surface area (Å²) in [6, 6.07) is 0. The minimum absolute atomic E-state index is 0.244. The van der Waals surface area contributed by atoms with Crippen molar-refractivity contribution in [1.82, 2.24) is 0 Å². The molecule has 0 aliphatic carbocycles. The SMILES string of the molecule is O=PSC1CSC1. The summed E-state index contributed by atoms with van der Waals surface area (Å²) in [5, 5.41) is 0.684. The van der Waals surface area contributed by atoms with Crippen LogP contribution in [0, 0.1) is 0 Å². The third-order valence-electron chi connectivity index (χ3n) is 0.800. The Morgan fingerprint density at radius 1 is 1.71 bits per heavy atom. The van der Waals surface area contributed by atoms with Crippen LogP contribution in [0.1, 0.15) is 0 Å². The Balaban J connectivity index is 2.03. The van der Waals surface area contributed by atoms with Crippen LogP contribution in [0.5, 0.6) is 0 Å². The molecule has 0 N–H and O–H groups in total. The highest BCUT2D eigenvalue weighted by Crippen LogP contribution is 2.35. The Hall–Kier alpha value is 0.800. The van der Waals surface area contributed by atoms with Gasteiger partial charge in [0.2, 0.25) is 7.66 Å². The van der Waals surface area contributed by atoms with Crippen LogP contribution in [0.2, 0.25) is 0 Å². The van der Waals surface area contributed by atoms with Crippen molar-refractivity contribution < 1.29 is 4.57 Å². The fourth-order valence-electron chi connectivity index (χ4n) is 0.336. The molecule has 0 aromatic carbocycles. The second kappa shape index (κ2) is 2.95. The smallest absolute Gasteiger partial charge is 0.227 e. The van der Waals surface area contributed by atoms with Crippen LogP contribution in [0.3, 0.4) is 0 Å². The molecule has 1 aliphatic rings. The molecule has 1 aliphatic heterocycles. The summed E-state index contributed by atoms with van der Waals surface area (Å²) in [5.41, 5.74) is 0. The van der Waals surface area contributed by atoms with Crippen LogP contribution < -0.4 is 0 Å². The summed E-state index contributed by atoms with van der Waals surface area (Å²) in [4.78, 5) is 0. The van der Waals surface area contributed by atoms with Crippen molar-refractivity contribution in [2.24, 2.45) is 0 Å². The maximum Gasteiger partial charge on any atom is 0.227 e. The van der Waals surface area contributed by atoms with Crippen LogP contribution in [-0.2, 0) is 4.57 Å². The van der Waals surface area contributed by atoms with E-state index in [2.05, 4.69) is 0 Å². The van der Waals surface area contributed by atoms with Gasteiger partial charge in [0.15, 0.2) is 0 Å². The quantitative estimate of drug-likeness (QED) is 0.563. The Morgan fingerprint density at radius 2 is 2.43 bits per heavy atom. The molecule has 1 heterocycles. The van der Waals surface area contributed by atoms with Gasteiger partial charge in [0.05, 0.1) is 0 Å². The summed E-state index contributed by atoms with van der Waals surface area (Å²) in [6.45, 7) is 0. The average molecular weight is 152 g/mol. The highest BCUT2D eigenvalue weighted by molar-refractivity contribution is 8.46. The first-order valence-corrected chi connectivity index (χ1v) is 5.45. The van der Waals surface area contributed by atoms with E-state index in [-0.39, 0.29) is 7.66 Å². The fourth-order valence-corrected chi connectivity index (χ4v) is 3.41. The van der Waals surface area contributed by atoms with Crippen LogP contribution in [0.25, 0.3) is 0 Å². The number of hydrogen-bond donors (Lipinski definition) is 0. The van der Waals surface area contributed by atoms with Gasteiger partial charge in [-0.15, -0.1) is 0 Å². The van der Waals surface area contributed by atoms with Gasteiger partial charge in [-0.25, -0.2) is 0 Å². The molecule has 1 saturated heterocycles. The van der Waals surface area contributed by atoms with Crippen LogP contribution in [-0.4, -0.2) is 16.8 Å². The lowest BCUT2D eigenvalue weighted by Crippen LogP contribution is -2.18. The molecule has 0 spiro atoms. The zero-order valence-corrected chi connectivity index (χ0v) is 6.19. The first-order chi connectivity index (χ1) is 3.43. The van der Waals surface area contributed by atoms with Gasteiger partial charge in [0.1, 0.15) is 0 Å². The molecule has 0 bridgehead atoms. The molecule has 0 atom stereocenters. The molecular weight excluding hydrogens is 147 g/mol. The summed E-state index contributed by atoms with van der Waals surface area (Å²) >= 11 is 3.43. The molecule has 7 heavy (non-hydrogen) atoms. The van der Waals surface area contributed by atoms with E-state index in [4.69, 9.17) is 0 Å². The summed E-state index contributed by atoms with van der Waals surface area (Å²) in [6.07, 6.45) is 0. The second-order valence-corrected chi connectivity index (χ2v) is 4.52. The van der Waals surface area contributed by atoms with Crippen LogP contribution in [0.15, 0.2) is 0 Å². The van der Waals surface area contributed by atoms with Crippen molar-refractivity contribution in [1.29, 1.82) is 0 Å². The van der Waals surface area contributed by atoms with Crippen molar-refractivity contribution in [3.8, 4) is 0 Å². The van der Waals surface area contributed by atoms with Crippen molar-refractivity contribution in [2.45, 2.75) is 5.25 Å². The molecule has 1 nitrogen and oxygen atoms in total. The summed E-state index contributed by atoms with van der Waals surface area (Å²) < 4.78 is 9.86. The van der Waals surface area contributed by atoms with Crippen LogP contribution in [0.4, 0.5) is 0 Å².